The lowest BCUT2D eigenvalue weighted by molar-refractivity contribution is -0.127. The standard InChI is InChI=1S/C26H28FN3O4S3/c1-2-3-18-12-14-29(15-13-18)21-8-4-19(5-9-21)16-23-25(32)30(26(35)36-23)17-24(31)28-37(33,34)22-10-6-20(27)7-11-22/h4-11,16,18H,2-3,12-15,17H2,1H3,(H,28,31). The Hall–Kier alpha value is -2.76. The lowest BCUT2D eigenvalue weighted by atomic mass is 9.92. The van der Waals surface area contributed by atoms with Gasteiger partial charge in [-0.25, -0.2) is 17.5 Å². The van der Waals surface area contributed by atoms with E-state index < -0.39 is 34.2 Å². The first kappa shape index (κ1) is 27.3. The first-order chi connectivity index (χ1) is 17.7. The lowest BCUT2D eigenvalue weighted by Crippen LogP contribution is -2.41. The van der Waals surface area contributed by atoms with Crippen LogP contribution in [0, 0.1) is 11.7 Å². The van der Waals surface area contributed by atoms with Crippen molar-refractivity contribution in [3.8, 4) is 0 Å². The van der Waals surface area contributed by atoms with Crippen LogP contribution in [-0.4, -0.2) is 49.1 Å². The van der Waals surface area contributed by atoms with Gasteiger partial charge in [-0.15, -0.1) is 0 Å². The minimum atomic E-state index is -4.21. The molecule has 2 aliphatic heterocycles. The maximum atomic E-state index is 13.1. The van der Waals surface area contributed by atoms with Gasteiger partial charge in [-0.3, -0.25) is 14.5 Å². The fourth-order valence-corrected chi connectivity index (χ4v) is 6.69. The molecular formula is C26H28FN3O4S3. The number of thioether (sulfide) groups is 1. The largest absolute Gasteiger partial charge is 0.372 e. The maximum Gasteiger partial charge on any atom is 0.266 e. The van der Waals surface area contributed by atoms with Gasteiger partial charge in [-0.2, -0.15) is 0 Å². The summed E-state index contributed by atoms with van der Waals surface area (Å²) >= 11 is 6.32. The molecule has 0 aromatic heterocycles. The van der Waals surface area contributed by atoms with E-state index in [1.165, 1.54) is 25.7 Å². The summed E-state index contributed by atoms with van der Waals surface area (Å²) in [6, 6.07) is 12.0. The number of thiocarbonyl (C=S) groups is 1. The van der Waals surface area contributed by atoms with Crippen molar-refractivity contribution >= 4 is 61.9 Å². The number of benzene rings is 2. The number of nitrogens with zero attached hydrogens (tertiary/aromatic N) is 2. The highest BCUT2D eigenvalue weighted by atomic mass is 32.2. The molecule has 2 aliphatic rings. The zero-order valence-electron chi connectivity index (χ0n) is 20.4. The molecule has 0 saturated carbocycles. The van der Waals surface area contributed by atoms with Crippen LogP contribution in [0.2, 0.25) is 0 Å². The molecule has 2 amide bonds. The summed E-state index contributed by atoms with van der Waals surface area (Å²) in [6.45, 7) is 3.77. The molecule has 2 aromatic rings. The molecular weight excluding hydrogens is 534 g/mol. The van der Waals surface area contributed by atoms with Crippen LogP contribution in [0.25, 0.3) is 6.08 Å². The van der Waals surface area contributed by atoms with Crippen LogP contribution in [0.5, 0.6) is 0 Å². The summed E-state index contributed by atoms with van der Waals surface area (Å²) in [5, 5.41) is 0. The Morgan fingerprint density at radius 2 is 1.78 bits per heavy atom. The van der Waals surface area contributed by atoms with E-state index >= 15 is 0 Å². The monoisotopic (exact) mass is 561 g/mol. The van der Waals surface area contributed by atoms with Crippen LogP contribution in [0.1, 0.15) is 38.2 Å². The van der Waals surface area contributed by atoms with Crippen molar-refractivity contribution in [2.45, 2.75) is 37.5 Å². The average Bonchev–Trinajstić information content (AvgIpc) is 3.12. The van der Waals surface area contributed by atoms with Gasteiger partial charge in [0.2, 0.25) is 0 Å². The van der Waals surface area contributed by atoms with Gasteiger partial charge < -0.3 is 4.90 Å². The highest BCUT2D eigenvalue weighted by Gasteiger charge is 2.34. The summed E-state index contributed by atoms with van der Waals surface area (Å²) < 4.78 is 39.9. The quantitative estimate of drug-likeness (QED) is 0.374. The summed E-state index contributed by atoms with van der Waals surface area (Å²) in [7, 11) is -4.21. The Bertz CT molecular complexity index is 1300. The first-order valence-corrected chi connectivity index (χ1v) is 14.8. The van der Waals surface area contributed by atoms with Crippen LogP contribution >= 0.6 is 24.0 Å². The molecule has 196 valence electrons. The Morgan fingerprint density at radius 1 is 1.14 bits per heavy atom. The normalized spacial score (nSPS) is 18.1. The van der Waals surface area contributed by atoms with Crippen LogP contribution < -0.4 is 9.62 Å². The van der Waals surface area contributed by atoms with Gasteiger partial charge in [0.1, 0.15) is 16.7 Å². The Balaban J connectivity index is 1.36. The second-order valence-corrected chi connectivity index (χ2v) is 12.4. The predicted molar refractivity (Wildman–Crippen MR) is 148 cm³/mol. The SMILES string of the molecule is CCCC1CCN(c2ccc(C=C3SC(=S)N(CC(=O)NS(=O)(=O)c4ccc(F)cc4)C3=O)cc2)CC1. The maximum absolute atomic E-state index is 13.1. The molecule has 2 heterocycles. The van der Waals surface area contributed by atoms with Crippen molar-refractivity contribution in [2.75, 3.05) is 24.5 Å². The molecule has 2 fully saturated rings. The third-order valence-corrected chi connectivity index (χ3v) is 9.18. The van der Waals surface area contributed by atoms with E-state index in [0.29, 0.717) is 4.91 Å². The van der Waals surface area contributed by atoms with Crippen LogP contribution in [-0.2, 0) is 19.6 Å². The number of rotatable bonds is 8. The van der Waals surface area contributed by atoms with Crippen molar-refractivity contribution in [2.24, 2.45) is 5.92 Å². The van der Waals surface area contributed by atoms with E-state index in [2.05, 4.69) is 11.8 Å². The number of anilines is 1. The number of amides is 2. The van der Waals surface area contributed by atoms with Crippen LogP contribution in [0.3, 0.4) is 0 Å². The smallest absolute Gasteiger partial charge is 0.266 e. The van der Waals surface area contributed by atoms with Gasteiger partial charge in [-0.1, -0.05) is 55.9 Å². The van der Waals surface area contributed by atoms with E-state index in [1.807, 2.05) is 29.0 Å². The minimum absolute atomic E-state index is 0.164. The van der Waals surface area contributed by atoms with E-state index in [4.69, 9.17) is 12.2 Å². The summed E-state index contributed by atoms with van der Waals surface area (Å²) in [5.41, 5.74) is 1.98. The van der Waals surface area contributed by atoms with E-state index in [1.54, 1.807) is 6.08 Å². The number of hydrogen-bond acceptors (Lipinski definition) is 7. The van der Waals surface area contributed by atoms with Gasteiger partial charge in [0, 0.05) is 18.8 Å². The number of carbonyl (C=O) groups is 2. The van der Waals surface area contributed by atoms with Crippen molar-refractivity contribution in [1.29, 1.82) is 0 Å². The van der Waals surface area contributed by atoms with Gasteiger partial charge in [0.25, 0.3) is 21.8 Å². The molecule has 4 rings (SSSR count). The third-order valence-electron chi connectivity index (χ3n) is 6.41. The molecule has 0 atom stereocenters. The first-order valence-electron chi connectivity index (χ1n) is 12.1. The van der Waals surface area contributed by atoms with Crippen LogP contribution in [0.15, 0.2) is 58.3 Å². The van der Waals surface area contributed by atoms with E-state index in [9.17, 15) is 22.4 Å². The highest BCUT2D eigenvalue weighted by molar-refractivity contribution is 8.26. The number of sulfonamides is 1. The van der Waals surface area contributed by atoms with Gasteiger partial charge in [-0.05, 0) is 66.8 Å². The fraction of sp³-hybridized carbons (Fsp3) is 0.346. The fourth-order valence-electron chi connectivity index (χ4n) is 4.46. The second kappa shape index (κ2) is 11.7. The van der Waals surface area contributed by atoms with Crippen molar-refractivity contribution < 1.29 is 22.4 Å². The topological polar surface area (TPSA) is 86.8 Å². The number of piperidine rings is 1. The second-order valence-electron chi connectivity index (χ2n) is 9.06. The number of halogens is 1. The Morgan fingerprint density at radius 3 is 2.41 bits per heavy atom. The van der Waals surface area contributed by atoms with Crippen molar-refractivity contribution in [1.82, 2.24) is 9.62 Å². The molecule has 7 nitrogen and oxygen atoms in total. The summed E-state index contributed by atoms with van der Waals surface area (Å²) in [4.78, 5) is 28.8. The number of nitrogens with one attached hydrogen (secondary N) is 1. The molecule has 2 saturated heterocycles. The molecule has 1 N–H and O–H groups in total. The summed E-state index contributed by atoms with van der Waals surface area (Å²) in [6.07, 6.45) is 6.64. The predicted octanol–water partition coefficient (Wildman–Crippen LogP) is 4.55. The molecule has 11 heteroatoms. The number of carbonyl (C=O) groups excluding carboxylic acids is 2. The van der Waals surface area contributed by atoms with E-state index in [-0.39, 0.29) is 9.22 Å². The molecule has 0 spiro atoms. The van der Waals surface area contributed by atoms with Gasteiger partial charge >= 0.3 is 0 Å². The molecule has 37 heavy (non-hydrogen) atoms. The zero-order valence-corrected chi connectivity index (χ0v) is 22.8. The Labute approximate surface area is 226 Å². The van der Waals surface area contributed by atoms with Gasteiger partial charge in [0.15, 0.2) is 0 Å². The Kier molecular flexibility index (Phi) is 8.66. The number of hydrogen-bond donors (Lipinski definition) is 1. The minimum Gasteiger partial charge on any atom is -0.372 e. The highest BCUT2D eigenvalue weighted by Crippen LogP contribution is 2.33. The molecule has 0 unspecified atom stereocenters. The molecule has 0 radical (unpaired) electrons. The molecule has 0 bridgehead atoms. The average molecular weight is 562 g/mol. The third kappa shape index (κ3) is 6.77. The summed E-state index contributed by atoms with van der Waals surface area (Å²) in [5.74, 6) is -1.18. The van der Waals surface area contributed by atoms with E-state index in [0.717, 1.165) is 71.2 Å². The van der Waals surface area contributed by atoms with Crippen LogP contribution in [0.4, 0.5) is 10.1 Å². The van der Waals surface area contributed by atoms with Gasteiger partial charge in [0.05, 0.1) is 9.80 Å². The van der Waals surface area contributed by atoms with Crippen molar-refractivity contribution in [3.63, 3.8) is 0 Å². The lowest BCUT2D eigenvalue weighted by Gasteiger charge is -2.33. The molecule has 0 aliphatic carbocycles. The zero-order chi connectivity index (χ0) is 26.6. The molecule has 2 aromatic carbocycles. The van der Waals surface area contributed by atoms with Crippen molar-refractivity contribution in [3.05, 3.63) is 64.8 Å².